The number of carbonyl (C=O) groups excluding carboxylic acids is 1. The molecule has 0 aliphatic heterocycles. The van der Waals surface area contributed by atoms with Crippen LogP contribution in [-0.2, 0) is 14.8 Å². The zero-order chi connectivity index (χ0) is 17.4. The van der Waals surface area contributed by atoms with E-state index in [1.807, 2.05) is 18.2 Å². The normalized spacial score (nSPS) is 11.9. The van der Waals surface area contributed by atoms with E-state index in [1.54, 1.807) is 36.4 Å². The van der Waals surface area contributed by atoms with Crippen LogP contribution in [0.15, 0.2) is 66.1 Å². The highest BCUT2D eigenvalue weighted by Gasteiger charge is 2.05. The van der Waals surface area contributed by atoms with Gasteiger partial charge >= 0.3 is 0 Å². The number of carbonyl (C=O) groups is 1. The number of ketones is 1. The summed E-state index contributed by atoms with van der Waals surface area (Å²) in [6.07, 6.45) is 4.26. The lowest BCUT2D eigenvalue weighted by Crippen LogP contribution is -2.08. The molecule has 0 spiro atoms. The number of rotatable bonds is 7. The van der Waals surface area contributed by atoms with Crippen molar-refractivity contribution in [3.63, 3.8) is 0 Å². The molecule has 0 unspecified atom stereocenters. The second-order valence-electron chi connectivity index (χ2n) is 4.94. The highest BCUT2D eigenvalue weighted by Crippen LogP contribution is 2.15. The average Bonchev–Trinajstić information content (AvgIpc) is 2.59. The number of hydrogen-bond acceptors (Lipinski definition) is 4. The Morgan fingerprint density at radius 3 is 2.42 bits per heavy atom. The highest BCUT2D eigenvalue weighted by molar-refractivity contribution is 7.95. The Balaban J connectivity index is 2.11. The van der Waals surface area contributed by atoms with Gasteiger partial charge in [-0.2, -0.15) is 0 Å². The standard InChI is InChI=1S/C18H17NO4S/c20-14-18(21)10-9-16-7-4-8-17(13-16)19-24(22,23)12-11-15-5-2-1-3-6-15/h1-13,19-20H,14H2/b10-9+,12-11+. The molecule has 2 N–H and O–H groups in total. The molecule has 0 saturated heterocycles. The van der Waals surface area contributed by atoms with Crippen LogP contribution in [0.3, 0.4) is 0 Å². The third-order valence-electron chi connectivity index (χ3n) is 3.00. The minimum absolute atomic E-state index is 0.381. The molecule has 0 aliphatic rings. The number of aliphatic hydroxyl groups excluding tert-OH is 1. The molecule has 0 aliphatic carbocycles. The monoisotopic (exact) mass is 343 g/mol. The lowest BCUT2D eigenvalue weighted by atomic mass is 10.2. The van der Waals surface area contributed by atoms with E-state index in [9.17, 15) is 13.2 Å². The summed E-state index contributed by atoms with van der Waals surface area (Å²) in [5.41, 5.74) is 1.80. The van der Waals surface area contributed by atoms with E-state index in [0.29, 0.717) is 11.3 Å². The van der Waals surface area contributed by atoms with Crippen molar-refractivity contribution in [2.24, 2.45) is 0 Å². The number of anilines is 1. The van der Waals surface area contributed by atoms with Crippen LogP contribution >= 0.6 is 0 Å². The van der Waals surface area contributed by atoms with Gasteiger partial charge in [-0.3, -0.25) is 9.52 Å². The van der Waals surface area contributed by atoms with Gasteiger partial charge in [-0.25, -0.2) is 8.42 Å². The Morgan fingerprint density at radius 1 is 1.00 bits per heavy atom. The quantitative estimate of drug-likeness (QED) is 0.757. The van der Waals surface area contributed by atoms with Crippen LogP contribution in [0, 0.1) is 0 Å². The first-order chi connectivity index (χ1) is 11.5. The fourth-order valence-corrected chi connectivity index (χ4v) is 2.74. The van der Waals surface area contributed by atoms with Crippen molar-refractivity contribution in [2.45, 2.75) is 0 Å². The molecule has 6 heteroatoms. The van der Waals surface area contributed by atoms with Crippen molar-refractivity contribution < 1.29 is 18.3 Å². The first-order valence-corrected chi connectivity index (χ1v) is 8.71. The lowest BCUT2D eigenvalue weighted by molar-refractivity contribution is -0.117. The molecule has 0 fully saturated rings. The lowest BCUT2D eigenvalue weighted by Gasteiger charge is -2.05. The van der Waals surface area contributed by atoms with E-state index in [1.165, 1.54) is 18.2 Å². The van der Waals surface area contributed by atoms with E-state index in [2.05, 4.69) is 4.72 Å². The Kier molecular flexibility index (Phi) is 6.06. The van der Waals surface area contributed by atoms with Crippen molar-refractivity contribution in [1.82, 2.24) is 0 Å². The largest absolute Gasteiger partial charge is 0.388 e. The molecular formula is C18H17NO4S. The summed E-state index contributed by atoms with van der Waals surface area (Å²) in [6, 6.07) is 15.7. The van der Waals surface area contributed by atoms with Gasteiger partial charge in [-0.05, 0) is 35.4 Å². The summed E-state index contributed by atoms with van der Waals surface area (Å²) in [6.45, 7) is -0.562. The first-order valence-electron chi connectivity index (χ1n) is 7.16. The zero-order valence-electron chi connectivity index (χ0n) is 12.8. The van der Waals surface area contributed by atoms with Gasteiger partial charge in [0, 0.05) is 5.69 Å². The second kappa shape index (κ2) is 8.24. The maximum absolute atomic E-state index is 12.1. The number of benzene rings is 2. The van der Waals surface area contributed by atoms with Crippen LogP contribution in [0.1, 0.15) is 11.1 Å². The molecule has 0 bridgehead atoms. The molecule has 2 aromatic carbocycles. The smallest absolute Gasteiger partial charge is 0.255 e. The molecule has 2 rings (SSSR count). The zero-order valence-corrected chi connectivity index (χ0v) is 13.6. The number of sulfonamides is 1. The van der Waals surface area contributed by atoms with E-state index in [0.717, 1.165) is 11.0 Å². The minimum atomic E-state index is -3.65. The number of aliphatic hydroxyl groups is 1. The van der Waals surface area contributed by atoms with Crippen LogP contribution in [0.25, 0.3) is 12.2 Å². The molecule has 124 valence electrons. The molecule has 0 heterocycles. The van der Waals surface area contributed by atoms with Gasteiger partial charge in [0.25, 0.3) is 10.0 Å². The van der Waals surface area contributed by atoms with Crippen LogP contribution < -0.4 is 4.72 Å². The van der Waals surface area contributed by atoms with E-state index in [4.69, 9.17) is 5.11 Å². The Hall–Kier alpha value is -2.70. The predicted molar refractivity (Wildman–Crippen MR) is 95.6 cm³/mol. The van der Waals surface area contributed by atoms with Crippen molar-refractivity contribution in [1.29, 1.82) is 0 Å². The third-order valence-corrected chi connectivity index (χ3v) is 4.02. The maximum Gasteiger partial charge on any atom is 0.255 e. The summed E-state index contributed by atoms with van der Waals surface area (Å²) in [4.78, 5) is 11.1. The molecule has 24 heavy (non-hydrogen) atoms. The Bertz CT molecular complexity index is 856. The Morgan fingerprint density at radius 2 is 1.71 bits per heavy atom. The SMILES string of the molecule is O=C(/C=C/c1cccc(NS(=O)(=O)/C=C/c2ccccc2)c1)CO. The molecule has 2 aromatic rings. The van der Waals surface area contributed by atoms with Crippen LogP contribution in [-0.4, -0.2) is 25.9 Å². The van der Waals surface area contributed by atoms with Crippen molar-refractivity contribution >= 4 is 33.6 Å². The van der Waals surface area contributed by atoms with Gasteiger partial charge in [-0.1, -0.05) is 48.5 Å². The van der Waals surface area contributed by atoms with Crippen LogP contribution in [0.4, 0.5) is 5.69 Å². The number of hydrogen-bond donors (Lipinski definition) is 2. The predicted octanol–water partition coefficient (Wildman–Crippen LogP) is 2.67. The van der Waals surface area contributed by atoms with E-state index >= 15 is 0 Å². The summed E-state index contributed by atoms with van der Waals surface area (Å²) in [5.74, 6) is -0.424. The topological polar surface area (TPSA) is 83.5 Å². The van der Waals surface area contributed by atoms with Gasteiger partial charge in [0.2, 0.25) is 0 Å². The third kappa shape index (κ3) is 5.83. The van der Waals surface area contributed by atoms with Gasteiger partial charge in [0.15, 0.2) is 5.78 Å². The second-order valence-corrected chi connectivity index (χ2v) is 6.51. The maximum atomic E-state index is 12.1. The van der Waals surface area contributed by atoms with Crippen molar-refractivity contribution in [3.8, 4) is 0 Å². The first kappa shape index (κ1) is 17.7. The summed E-state index contributed by atoms with van der Waals surface area (Å²) >= 11 is 0. The fourth-order valence-electron chi connectivity index (χ4n) is 1.88. The molecule has 0 aromatic heterocycles. The van der Waals surface area contributed by atoms with Crippen LogP contribution in [0.2, 0.25) is 0 Å². The highest BCUT2D eigenvalue weighted by atomic mass is 32.2. The van der Waals surface area contributed by atoms with Gasteiger partial charge in [-0.15, -0.1) is 0 Å². The molecule has 0 saturated carbocycles. The van der Waals surface area contributed by atoms with E-state index < -0.39 is 22.4 Å². The minimum Gasteiger partial charge on any atom is -0.388 e. The van der Waals surface area contributed by atoms with Crippen LogP contribution in [0.5, 0.6) is 0 Å². The summed E-state index contributed by atoms with van der Waals surface area (Å²) in [5, 5.41) is 9.77. The average molecular weight is 343 g/mol. The molecular weight excluding hydrogens is 326 g/mol. The number of nitrogens with one attached hydrogen (secondary N) is 1. The molecule has 0 atom stereocenters. The van der Waals surface area contributed by atoms with Crippen molar-refractivity contribution in [2.75, 3.05) is 11.3 Å². The van der Waals surface area contributed by atoms with Gasteiger partial charge < -0.3 is 5.11 Å². The molecule has 5 nitrogen and oxygen atoms in total. The Labute approximate surface area is 141 Å². The molecule has 0 radical (unpaired) electrons. The van der Waals surface area contributed by atoms with Crippen molar-refractivity contribution in [3.05, 3.63) is 77.2 Å². The van der Waals surface area contributed by atoms with Gasteiger partial charge in [0.1, 0.15) is 6.61 Å². The molecule has 0 amide bonds. The summed E-state index contributed by atoms with van der Waals surface area (Å²) < 4.78 is 26.6. The van der Waals surface area contributed by atoms with E-state index in [-0.39, 0.29) is 0 Å². The van der Waals surface area contributed by atoms with Gasteiger partial charge in [0.05, 0.1) is 5.41 Å². The summed E-state index contributed by atoms with van der Waals surface area (Å²) in [7, 11) is -3.65. The fraction of sp³-hybridized carbons (Fsp3) is 0.0556.